The van der Waals surface area contributed by atoms with Crippen molar-refractivity contribution in [2.45, 2.75) is 0 Å². The predicted octanol–water partition coefficient (Wildman–Crippen LogP) is 1.28. The molecule has 161 valence electrons. The van der Waals surface area contributed by atoms with Crippen LogP contribution < -0.4 is 33.8 Å². The standard InChI is InChI=1S/C27H15NOPSe2.Ir/c29-30-21-9-3-5-11-23(21)31-25-15-18(20-14-13-17-7-1-2-8-19(17)28-20)16-26(27(25)30)32-24-12-6-4-10-22(24)30;/h1-15H;/q-1;. The molecule has 4 aromatic carbocycles. The van der Waals surface area contributed by atoms with E-state index in [-0.39, 0.29) is 50.0 Å². The molecule has 1 aromatic heterocycles. The fourth-order valence-electron chi connectivity index (χ4n) is 4.54. The molecular weight excluding hydrogens is 735 g/mol. The maximum absolute atomic E-state index is 14.9. The first-order valence-corrected chi connectivity index (χ1v) is 15.5. The number of para-hydroxylation sites is 1. The fraction of sp³-hybridized carbons (Fsp3) is 0. The zero-order chi connectivity index (χ0) is 21.3. The van der Waals surface area contributed by atoms with Gasteiger partial charge in [0.2, 0.25) is 0 Å². The van der Waals surface area contributed by atoms with Crippen molar-refractivity contribution in [3.63, 3.8) is 0 Å². The van der Waals surface area contributed by atoms with Crippen LogP contribution in [0.2, 0.25) is 0 Å². The number of benzene rings is 4. The second kappa shape index (κ2) is 8.16. The Morgan fingerprint density at radius 3 is 2.18 bits per heavy atom. The Labute approximate surface area is 218 Å². The molecular formula is C27H15IrNOPSe2-. The van der Waals surface area contributed by atoms with Crippen LogP contribution in [-0.4, -0.2) is 34.9 Å². The molecule has 0 saturated carbocycles. The number of rotatable bonds is 1. The second-order valence-corrected chi connectivity index (χ2v) is 15.0. The maximum atomic E-state index is 14.9. The average Bonchev–Trinajstić information content (AvgIpc) is 2.84. The van der Waals surface area contributed by atoms with Crippen LogP contribution in [0.5, 0.6) is 0 Å². The van der Waals surface area contributed by atoms with Gasteiger partial charge in [-0.2, -0.15) is 0 Å². The van der Waals surface area contributed by atoms with Crippen molar-refractivity contribution in [2.24, 2.45) is 0 Å². The van der Waals surface area contributed by atoms with Gasteiger partial charge in [0.1, 0.15) is 0 Å². The SMILES string of the molecule is O=P12c3ccccc3[Se]c3[c-]c(-c4ccc5ccccc5n4)cc(c31)[Se]c1ccccc12.[Ir]. The van der Waals surface area contributed by atoms with Gasteiger partial charge in [0.25, 0.3) is 0 Å². The third-order valence-corrected chi connectivity index (χ3v) is 15.2. The minimum Gasteiger partial charge on any atom is 0 e. The molecule has 0 spiro atoms. The number of nitrogens with zero attached hydrogens (tertiary/aromatic N) is 1. The van der Waals surface area contributed by atoms with E-state index in [0.717, 1.165) is 42.5 Å². The summed E-state index contributed by atoms with van der Waals surface area (Å²) in [6.45, 7) is 0. The zero-order valence-corrected chi connectivity index (χ0v) is 23.8. The number of aromatic nitrogens is 1. The van der Waals surface area contributed by atoms with Crippen molar-refractivity contribution < 1.29 is 24.7 Å². The van der Waals surface area contributed by atoms with Crippen LogP contribution in [0.1, 0.15) is 0 Å². The summed E-state index contributed by atoms with van der Waals surface area (Å²) in [5, 5.41) is 4.26. The summed E-state index contributed by atoms with van der Waals surface area (Å²) in [5.74, 6) is 0. The molecule has 2 nitrogen and oxygen atoms in total. The van der Waals surface area contributed by atoms with Gasteiger partial charge >= 0.3 is 200 Å². The van der Waals surface area contributed by atoms with Crippen LogP contribution in [0.15, 0.2) is 91.0 Å². The molecule has 0 amide bonds. The Morgan fingerprint density at radius 1 is 0.727 bits per heavy atom. The van der Waals surface area contributed by atoms with Crippen LogP contribution in [-0.2, 0) is 24.7 Å². The van der Waals surface area contributed by atoms with Crippen molar-refractivity contribution in [2.75, 3.05) is 0 Å². The number of hydrogen-bond acceptors (Lipinski definition) is 2. The normalized spacial score (nSPS) is 17.5. The molecule has 2 aliphatic rings. The van der Waals surface area contributed by atoms with Gasteiger partial charge in [-0.25, -0.2) is 0 Å². The van der Waals surface area contributed by atoms with E-state index in [4.69, 9.17) is 4.98 Å². The molecule has 33 heavy (non-hydrogen) atoms. The average molecular weight is 751 g/mol. The predicted molar refractivity (Wildman–Crippen MR) is 135 cm³/mol. The molecule has 1 radical (unpaired) electrons. The quantitative estimate of drug-likeness (QED) is 0.144. The Balaban J connectivity index is 0.00000206. The van der Waals surface area contributed by atoms with Gasteiger partial charge in [-0.1, -0.05) is 0 Å². The van der Waals surface area contributed by atoms with Gasteiger partial charge in [-0.05, 0) is 0 Å². The van der Waals surface area contributed by atoms with Crippen molar-refractivity contribution in [1.82, 2.24) is 4.98 Å². The third kappa shape index (κ3) is 3.23. The van der Waals surface area contributed by atoms with Gasteiger partial charge in [0, 0.05) is 20.1 Å². The second-order valence-electron chi connectivity index (χ2n) is 7.86. The summed E-state index contributed by atoms with van der Waals surface area (Å²) < 4.78 is 19.8. The van der Waals surface area contributed by atoms with E-state index in [1.54, 1.807) is 0 Å². The Hall–Kier alpha value is -1.79. The number of pyridine rings is 1. The zero-order valence-electron chi connectivity index (χ0n) is 17.1. The maximum Gasteiger partial charge on any atom is 0 e. The largest absolute Gasteiger partial charge is 0 e. The Kier molecular flexibility index (Phi) is 5.37. The summed E-state index contributed by atoms with van der Waals surface area (Å²) in [6, 6.07) is 35.0. The molecule has 2 aliphatic heterocycles. The van der Waals surface area contributed by atoms with Gasteiger partial charge in [0.15, 0.2) is 0 Å². The van der Waals surface area contributed by atoms with Gasteiger partial charge in [-0.3, -0.25) is 0 Å². The molecule has 0 bridgehead atoms. The minimum absolute atomic E-state index is 0. The Bertz CT molecular complexity index is 1560. The number of hydrogen-bond donors (Lipinski definition) is 0. The monoisotopic (exact) mass is 753 g/mol. The van der Waals surface area contributed by atoms with Crippen LogP contribution in [0, 0.1) is 6.07 Å². The minimum atomic E-state index is -2.89. The van der Waals surface area contributed by atoms with E-state index in [1.807, 2.05) is 24.3 Å². The van der Waals surface area contributed by atoms with Crippen molar-refractivity contribution in [3.05, 3.63) is 97.1 Å². The van der Waals surface area contributed by atoms with Crippen LogP contribution in [0.25, 0.3) is 22.2 Å². The molecule has 1 atom stereocenters. The van der Waals surface area contributed by atoms with Gasteiger partial charge in [0.05, 0.1) is 0 Å². The van der Waals surface area contributed by atoms with Crippen LogP contribution in [0.4, 0.5) is 0 Å². The fourth-order valence-corrected chi connectivity index (χ4v) is 15.7. The molecule has 3 heterocycles. The van der Waals surface area contributed by atoms with Crippen LogP contribution in [0.3, 0.4) is 0 Å². The third-order valence-electron chi connectivity index (χ3n) is 6.00. The van der Waals surface area contributed by atoms with Gasteiger partial charge in [-0.15, -0.1) is 0 Å². The van der Waals surface area contributed by atoms with E-state index in [0.29, 0.717) is 0 Å². The first-order valence-electron chi connectivity index (χ1n) is 10.3. The van der Waals surface area contributed by atoms with Crippen molar-refractivity contribution >= 4 is 81.7 Å². The van der Waals surface area contributed by atoms with E-state index in [9.17, 15) is 4.57 Å². The Morgan fingerprint density at radius 2 is 1.39 bits per heavy atom. The molecule has 0 aliphatic carbocycles. The molecule has 7 rings (SSSR count). The summed E-state index contributed by atoms with van der Waals surface area (Å²) in [5.41, 5.74) is 2.93. The molecule has 1 unspecified atom stereocenters. The topological polar surface area (TPSA) is 30.0 Å². The molecule has 6 heteroatoms. The first kappa shape index (κ1) is 21.7. The first-order chi connectivity index (χ1) is 15.7. The van der Waals surface area contributed by atoms with E-state index in [1.165, 1.54) is 13.4 Å². The van der Waals surface area contributed by atoms with E-state index >= 15 is 0 Å². The molecule has 0 fully saturated rings. The summed E-state index contributed by atoms with van der Waals surface area (Å²) >= 11 is 0.182. The summed E-state index contributed by atoms with van der Waals surface area (Å²) in [4.78, 5) is 4.93. The summed E-state index contributed by atoms with van der Waals surface area (Å²) in [7, 11) is -2.89. The van der Waals surface area contributed by atoms with E-state index < -0.39 is 7.14 Å². The molecule has 0 N–H and O–H groups in total. The van der Waals surface area contributed by atoms with Crippen LogP contribution >= 0.6 is 7.14 Å². The summed E-state index contributed by atoms with van der Waals surface area (Å²) in [6.07, 6.45) is 0. The van der Waals surface area contributed by atoms with Crippen molar-refractivity contribution in [1.29, 1.82) is 0 Å². The van der Waals surface area contributed by atoms with Gasteiger partial charge < -0.3 is 0 Å². The molecule has 5 aromatic rings. The number of fused-ring (bicyclic) bond motifs is 5. The van der Waals surface area contributed by atoms with E-state index in [2.05, 4.69) is 72.8 Å². The molecule has 0 saturated heterocycles. The smallest absolute Gasteiger partial charge is 0 e. The van der Waals surface area contributed by atoms with Crippen molar-refractivity contribution in [3.8, 4) is 11.3 Å².